The summed E-state index contributed by atoms with van der Waals surface area (Å²) >= 11 is 0. The number of carbonyl (C=O) groups excluding carboxylic acids is 1. The summed E-state index contributed by atoms with van der Waals surface area (Å²) in [7, 11) is -1.91. The van der Waals surface area contributed by atoms with E-state index in [1.165, 1.54) is 0 Å². The molecule has 1 aromatic heterocycles. The van der Waals surface area contributed by atoms with Crippen molar-refractivity contribution in [2.75, 3.05) is 31.7 Å². The first-order valence-corrected chi connectivity index (χ1v) is 19.0. The highest BCUT2D eigenvalue weighted by atomic mass is 28.4. The van der Waals surface area contributed by atoms with Crippen LogP contribution in [-0.2, 0) is 28.9 Å². The number of amides is 1. The number of rotatable bonds is 9. The molecule has 0 radical (unpaired) electrons. The molecule has 3 heterocycles. The summed E-state index contributed by atoms with van der Waals surface area (Å²) in [6.45, 7) is 20.0. The Hall–Kier alpha value is -3.50. The van der Waals surface area contributed by atoms with Gasteiger partial charge in [0.25, 0.3) is 0 Å². The van der Waals surface area contributed by atoms with Crippen molar-refractivity contribution in [1.82, 2.24) is 14.7 Å². The number of nitrogens with zero attached hydrogens (tertiary/aromatic N) is 3. The van der Waals surface area contributed by atoms with Crippen molar-refractivity contribution in [3.05, 3.63) is 65.5 Å². The SMILES string of the molecule is CC(C)(C)OC(=O)N1CCc2c(cccc2OCCc2c(Nc3ccc(O[Si](C)(C)C(C)(C)C)cc3)cnn2C2CCOC2)C1. The van der Waals surface area contributed by atoms with Crippen LogP contribution in [-0.4, -0.2) is 61.1 Å². The Balaban J connectivity index is 1.27. The van der Waals surface area contributed by atoms with Crippen LogP contribution < -0.4 is 14.5 Å². The lowest BCUT2D eigenvalue weighted by molar-refractivity contribution is 0.0223. The van der Waals surface area contributed by atoms with E-state index in [1.807, 2.05) is 51.2 Å². The number of anilines is 2. The van der Waals surface area contributed by atoms with Crippen molar-refractivity contribution in [2.45, 2.75) is 97.1 Å². The Morgan fingerprint density at radius 1 is 1.09 bits per heavy atom. The molecule has 1 saturated heterocycles. The van der Waals surface area contributed by atoms with Gasteiger partial charge in [-0.2, -0.15) is 5.10 Å². The minimum Gasteiger partial charge on any atom is -0.544 e. The van der Waals surface area contributed by atoms with Gasteiger partial charge in [0.1, 0.15) is 17.1 Å². The van der Waals surface area contributed by atoms with E-state index < -0.39 is 13.9 Å². The number of nitrogens with one attached hydrogen (secondary N) is 1. The fourth-order valence-corrected chi connectivity index (χ4v) is 6.46. The number of hydrogen-bond acceptors (Lipinski definition) is 7. The third-order valence-electron chi connectivity index (χ3n) is 8.93. The molecule has 10 heteroatoms. The maximum atomic E-state index is 12.7. The minimum absolute atomic E-state index is 0.138. The Labute approximate surface area is 269 Å². The normalized spacial score (nSPS) is 17.2. The van der Waals surface area contributed by atoms with E-state index in [0.29, 0.717) is 32.7 Å². The zero-order valence-corrected chi connectivity index (χ0v) is 29.2. The third-order valence-corrected chi connectivity index (χ3v) is 13.3. The quantitative estimate of drug-likeness (QED) is 0.240. The fraction of sp³-hybridized carbons (Fsp3) is 0.543. The lowest BCUT2D eigenvalue weighted by atomic mass is 9.99. The van der Waals surface area contributed by atoms with Crippen LogP contribution in [0.3, 0.4) is 0 Å². The Kier molecular flexibility index (Phi) is 9.56. The maximum absolute atomic E-state index is 12.7. The van der Waals surface area contributed by atoms with Crippen molar-refractivity contribution >= 4 is 25.8 Å². The van der Waals surface area contributed by atoms with E-state index >= 15 is 0 Å². The Bertz CT molecular complexity index is 1470. The van der Waals surface area contributed by atoms with Crippen LogP contribution in [0.15, 0.2) is 48.7 Å². The van der Waals surface area contributed by atoms with Crippen LogP contribution in [0.25, 0.3) is 0 Å². The van der Waals surface area contributed by atoms with Gasteiger partial charge in [-0.3, -0.25) is 4.68 Å². The molecule has 5 rings (SSSR count). The molecular weight excluding hydrogens is 584 g/mol. The molecule has 1 atom stereocenters. The van der Waals surface area contributed by atoms with Gasteiger partial charge in [0.2, 0.25) is 8.32 Å². The van der Waals surface area contributed by atoms with E-state index in [2.05, 4.69) is 62.1 Å². The van der Waals surface area contributed by atoms with Gasteiger partial charge < -0.3 is 28.9 Å². The predicted molar refractivity (Wildman–Crippen MR) is 180 cm³/mol. The van der Waals surface area contributed by atoms with E-state index in [1.54, 1.807) is 4.90 Å². The Morgan fingerprint density at radius 2 is 1.84 bits per heavy atom. The van der Waals surface area contributed by atoms with Crippen molar-refractivity contribution in [3.63, 3.8) is 0 Å². The smallest absolute Gasteiger partial charge is 0.410 e. The summed E-state index contributed by atoms with van der Waals surface area (Å²) in [5, 5.41) is 8.51. The van der Waals surface area contributed by atoms with E-state index in [4.69, 9.17) is 23.7 Å². The zero-order valence-electron chi connectivity index (χ0n) is 28.2. The molecule has 0 bridgehead atoms. The number of fused-ring (bicyclic) bond motifs is 1. The van der Waals surface area contributed by atoms with Crippen LogP contribution in [0.1, 0.15) is 70.8 Å². The molecule has 2 aliphatic rings. The molecule has 1 unspecified atom stereocenters. The van der Waals surface area contributed by atoms with Crippen molar-refractivity contribution in [2.24, 2.45) is 0 Å². The van der Waals surface area contributed by atoms with Crippen LogP contribution in [0.4, 0.5) is 16.2 Å². The standard InChI is InChI=1S/C35H50N4O5Si/c1-34(2,3)43-33(40)38-19-16-29-25(23-38)10-9-11-32(29)42-21-18-31-30(22-36-39(31)27-17-20-41-24-27)37-26-12-14-28(15-13-26)44-45(7,8)35(4,5)6/h9-15,22,27,37H,16-21,23-24H2,1-8H3. The lowest BCUT2D eigenvalue weighted by Gasteiger charge is -2.36. The highest BCUT2D eigenvalue weighted by Gasteiger charge is 2.39. The number of aromatic nitrogens is 2. The van der Waals surface area contributed by atoms with Crippen LogP contribution in [0.2, 0.25) is 18.1 Å². The largest absolute Gasteiger partial charge is 0.544 e. The maximum Gasteiger partial charge on any atom is 0.410 e. The van der Waals surface area contributed by atoms with Gasteiger partial charge in [-0.15, -0.1) is 0 Å². The Morgan fingerprint density at radius 3 is 2.51 bits per heavy atom. The number of hydrogen-bond donors (Lipinski definition) is 1. The predicted octanol–water partition coefficient (Wildman–Crippen LogP) is 7.89. The molecule has 3 aromatic rings. The first-order valence-electron chi connectivity index (χ1n) is 16.1. The van der Waals surface area contributed by atoms with Gasteiger partial charge in [0, 0.05) is 37.4 Å². The molecule has 45 heavy (non-hydrogen) atoms. The second kappa shape index (κ2) is 13.1. The average molecular weight is 635 g/mol. The van der Waals surface area contributed by atoms with Crippen molar-refractivity contribution < 1.29 is 23.4 Å². The molecule has 2 aliphatic heterocycles. The van der Waals surface area contributed by atoms with E-state index in [-0.39, 0.29) is 17.2 Å². The molecule has 0 aliphatic carbocycles. The van der Waals surface area contributed by atoms with Gasteiger partial charge in [0.15, 0.2) is 0 Å². The van der Waals surface area contributed by atoms with Crippen LogP contribution in [0, 0.1) is 0 Å². The van der Waals surface area contributed by atoms with E-state index in [9.17, 15) is 4.79 Å². The molecule has 0 saturated carbocycles. The number of carbonyl (C=O) groups is 1. The molecule has 9 nitrogen and oxygen atoms in total. The highest BCUT2D eigenvalue weighted by molar-refractivity contribution is 6.74. The van der Waals surface area contributed by atoms with Crippen LogP contribution >= 0.6 is 0 Å². The summed E-state index contributed by atoms with van der Waals surface area (Å²) < 4.78 is 26.3. The summed E-state index contributed by atoms with van der Waals surface area (Å²) in [5.74, 6) is 1.78. The van der Waals surface area contributed by atoms with Gasteiger partial charge in [-0.05, 0) is 87.6 Å². The molecular formula is C35H50N4O5Si. The van der Waals surface area contributed by atoms with Crippen molar-refractivity contribution in [3.8, 4) is 11.5 Å². The van der Waals surface area contributed by atoms with Gasteiger partial charge >= 0.3 is 6.09 Å². The minimum atomic E-state index is -1.91. The number of benzene rings is 2. The summed E-state index contributed by atoms with van der Waals surface area (Å²) in [4.78, 5) is 14.4. The van der Waals surface area contributed by atoms with E-state index in [0.717, 1.165) is 59.1 Å². The monoisotopic (exact) mass is 634 g/mol. The molecule has 1 amide bonds. The first kappa shape index (κ1) is 32.9. The van der Waals surface area contributed by atoms with Gasteiger partial charge in [-0.25, -0.2) is 4.79 Å². The summed E-state index contributed by atoms with van der Waals surface area (Å²) in [6, 6.07) is 14.5. The summed E-state index contributed by atoms with van der Waals surface area (Å²) in [6.07, 6.45) is 3.97. The second-order valence-corrected chi connectivity index (χ2v) is 19.3. The van der Waals surface area contributed by atoms with Gasteiger partial charge in [-0.1, -0.05) is 32.9 Å². The second-order valence-electron chi connectivity index (χ2n) is 14.6. The highest BCUT2D eigenvalue weighted by Crippen LogP contribution is 2.38. The number of ether oxygens (including phenoxy) is 3. The summed E-state index contributed by atoms with van der Waals surface area (Å²) in [5.41, 5.74) is 4.78. The topological polar surface area (TPSA) is 87.1 Å². The van der Waals surface area contributed by atoms with Gasteiger partial charge in [0.05, 0.1) is 36.8 Å². The van der Waals surface area contributed by atoms with Crippen molar-refractivity contribution in [1.29, 1.82) is 0 Å². The molecule has 2 aromatic carbocycles. The molecule has 1 fully saturated rings. The third kappa shape index (κ3) is 8.02. The average Bonchev–Trinajstić information content (AvgIpc) is 3.63. The molecule has 0 spiro atoms. The lowest BCUT2D eigenvalue weighted by Crippen LogP contribution is -2.43. The zero-order chi connectivity index (χ0) is 32.4. The first-order chi connectivity index (χ1) is 21.2. The molecule has 244 valence electrons. The van der Waals surface area contributed by atoms with Crippen LogP contribution in [0.5, 0.6) is 11.5 Å². The molecule has 1 N–H and O–H groups in total. The fourth-order valence-electron chi connectivity index (χ4n) is 5.43.